The van der Waals surface area contributed by atoms with E-state index in [1.165, 1.54) is 0 Å². The molecule has 0 aromatic carbocycles. The Labute approximate surface area is 109 Å². The zero-order valence-electron chi connectivity index (χ0n) is 10.7. The van der Waals surface area contributed by atoms with Gasteiger partial charge in [-0.25, -0.2) is 13.1 Å². The van der Waals surface area contributed by atoms with Gasteiger partial charge in [-0.05, 0) is 44.2 Å². The lowest BCUT2D eigenvalue weighted by molar-refractivity contribution is 0.543. The van der Waals surface area contributed by atoms with Crippen LogP contribution in [0.3, 0.4) is 0 Å². The maximum atomic E-state index is 11.9. The highest BCUT2D eigenvalue weighted by atomic mass is 32.2. The summed E-state index contributed by atoms with van der Waals surface area (Å²) in [7, 11) is -3.12. The van der Waals surface area contributed by atoms with Gasteiger partial charge in [-0.15, -0.1) is 0 Å². The first-order chi connectivity index (χ1) is 8.03. The second-order valence-corrected chi connectivity index (χ2v) is 7.77. The van der Waals surface area contributed by atoms with E-state index in [-0.39, 0.29) is 17.8 Å². The van der Waals surface area contributed by atoms with E-state index < -0.39 is 10.0 Å². The van der Waals surface area contributed by atoms with Gasteiger partial charge in [-0.1, -0.05) is 6.92 Å². The minimum Gasteiger partial charge on any atom is -0.313 e. The summed E-state index contributed by atoms with van der Waals surface area (Å²) in [5, 5.41) is 3.21. The summed E-state index contributed by atoms with van der Waals surface area (Å²) in [5.74, 6) is 2.32. The molecule has 2 N–H and O–H groups in total. The summed E-state index contributed by atoms with van der Waals surface area (Å²) in [6.45, 7) is 5.00. The number of nitrogens with one attached hydrogen (secondary N) is 2. The van der Waals surface area contributed by atoms with Crippen LogP contribution in [0.1, 0.15) is 33.1 Å². The van der Waals surface area contributed by atoms with E-state index in [1.54, 1.807) is 0 Å². The maximum Gasteiger partial charge on any atom is 0.213 e. The van der Waals surface area contributed by atoms with Crippen LogP contribution in [0.2, 0.25) is 0 Å². The lowest BCUT2D eigenvalue weighted by Gasteiger charge is -2.16. The largest absolute Gasteiger partial charge is 0.313 e. The minimum absolute atomic E-state index is 0.0421. The molecule has 0 amide bonds. The molecule has 2 atom stereocenters. The molecule has 0 radical (unpaired) electrons. The van der Waals surface area contributed by atoms with Crippen LogP contribution >= 0.6 is 11.8 Å². The van der Waals surface area contributed by atoms with Gasteiger partial charge in [-0.3, -0.25) is 0 Å². The molecule has 0 bridgehead atoms. The maximum absolute atomic E-state index is 11.9. The molecule has 102 valence electrons. The Kier molecular flexibility index (Phi) is 6.84. The monoisotopic (exact) mass is 280 g/mol. The summed E-state index contributed by atoms with van der Waals surface area (Å²) < 4.78 is 26.5. The van der Waals surface area contributed by atoms with Gasteiger partial charge in [0.2, 0.25) is 10.0 Å². The number of thioether (sulfide) groups is 1. The highest BCUT2D eigenvalue weighted by molar-refractivity contribution is 7.99. The van der Waals surface area contributed by atoms with Crippen molar-refractivity contribution in [2.24, 2.45) is 0 Å². The minimum atomic E-state index is -3.12. The SMILES string of the molecule is CCSCCC(C)NS(=O)(=O)CC1CCCN1. The zero-order chi connectivity index (χ0) is 12.7. The highest BCUT2D eigenvalue weighted by Gasteiger charge is 2.22. The fourth-order valence-corrected chi connectivity index (χ4v) is 4.43. The van der Waals surface area contributed by atoms with E-state index in [1.807, 2.05) is 18.7 Å². The summed E-state index contributed by atoms with van der Waals surface area (Å²) in [6.07, 6.45) is 2.96. The molecular weight excluding hydrogens is 256 g/mol. The summed E-state index contributed by atoms with van der Waals surface area (Å²) in [4.78, 5) is 0. The first kappa shape index (κ1) is 15.3. The van der Waals surface area contributed by atoms with E-state index in [9.17, 15) is 8.42 Å². The smallest absolute Gasteiger partial charge is 0.213 e. The van der Waals surface area contributed by atoms with Gasteiger partial charge in [0, 0.05) is 12.1 Å². The van der Waals surface area contributed by atoms with Crippen molar-refractivity contribution in [1.29, 1.82) is 0 Å². The molecule has 1 aliphatic heterocycles. The molecule has 17 heavy (non-hydrogen) atoms. The van der Waals surface area contributed by atoms with E-state index in [0.717, 1.165) is 37.3 Å². The Balaban J connectivity index is 2.27. The molecule has 4 nitrogen and oxygen atoms in total. The van der Waals surface area contributed by atoms with Crippen LogP contribution in [0.25, 0.3) is 0 Å². The average molecular weight is 280 g/mol. The third kappa shape index (κ3) is 6.64. The van der Waals surface area contributed by atoms with E-state index >= 15 is 0 Å². The molecule has 2 unspecified atom stereocenters. The highest BCUT2D eigenvalue weighted by Crippen LogP contribution is 2.09. The number of hydrogen-bond acceptors (Lipinski definition) is 4. The van der Waals surface area contributed by atoms with Gasteiger partial charge in [0.15, 0.2) is 0 Å². The summed E-state index contributed by atoms with van der Waals surface area (Å²) >= 11 is 1.85. The van der Waals surface area contributed by atoms with Gasteiger partial charge in [0.1, 0.15) is 0 Å². The molecule has 1 rings (SSSR count). The molecular formula is C11H24N2O2S2. The first-order valence-corrected chi connectivity index (χ1v) is 9.15. The van der Waals surface area contributed by atoms with Crippen molar-refractivity contribution >= 4 is 21.8 Å². The van der Waals surface area contributed by atoms with Crippen LogP contribution in [-0.4, -0.2) is 44.3 Å². The van der Waals surface area contributed by atoms with Crippen molar-refractivity contribution in [2.45, 2.75) is 45.2 Å². The van der Waals surface area contributed by atoms with Crippen LogP contribution in [0.5, 0.6) is 0 Å². The Morgan fingerprint density at radius 3 is 2.88 bits per heavy atom. The third-order valence-corrected chi connectivity index (χ3v) is 5.40. The number of rotatable bonds is 8. The number of sulfonamides is 1. The standard InChI is InChI=1S/C11H24N2O2S2/c1-3-16-8-6-10(2)13-17(14,15)9-11-5-4-7-12-11/h10-13H,3-9H2,1-2H3. The zero-order valence-corrected chi connectivity index (χ0v) is 12.4. The van der Waals surface area contributed by atoms with Crippen molar-refractivity contribution in [2.75, 3.05) is 23.8 Å². The van der Waals surface area contributed by atoms with Crippen LogP contribution in [0, 0.1) is 0 Å². The van der Waals surface area contributed by atoms with Crippen LogP contribution in [0.4, 0.5) is 0 Å². The molecule has 0 saturated carbocycles. The van der Waals surface area contributed by atoms with Gasteiger partial charge >= 0.3 is 0 Å². The Morgan fingerprint density at radius 1 is 1.53 bits per heavy atom. The van der Waals surface area contributed by atoms with Gasteiger partial charge < -0.3 is 5.32 Å². The second-order valence-electron chi connectivity index (χ2n) is 4.58. The normalized spacial score (nSPS) is 22.8. The van der Waals surface area contributed by atoms with Gasteiger partial charge in [-0.2, -0.15) is 11.8 Å². The van der Waals surface area contributed by atoms with Gasteiger partial charge in [0.05, 0.1) is 5.75 Å². The van der Waals surface area contributed by atoms with Crippen molar-refractivity contribution in [1.82, 2.24) is 10.0 Å². The topological polar surface area (TPSA) is 58.2 Å². The molecule has 0 aromatic heterocycles. The van der Waals surface area contributed by atoms with Crippen LogP contribution < -0.4 is 10.0 Å². The average Bonchev–Trinajstić information content (AvgIpc) is 2.69. The summed E-state index contributed by atoms with van der Waals surface area (Å²) in [5.41, 5.74) is 0. The van der Waals surface area contributed by atoms with E-state index in [0.29, 0.717) is 0 Å². The first-order valence-electron chi connectivity index (χ1n) is 6.34. The quantitative estimate of drug-likeness (QED) is 0.656. The van der Waals surface area contributed by atoms with E-state index in [2.05, 4.69) is 17.0 Å². The third-order valence-electron chi connectivity index (χ3n) is 2.86. The molecule has 1 aliphatic rings. The molecule has 1 heterocycles. The van der Waals surface area contributed by atoms with Crippen LogP contribution in [-0.2, 0) is 10.0 Å². The van der Waals surface area contributed by atoms with Crippen molar-refractivity contribution in [3.63, 3.8) is 0 Å². The predicted molar refractivity (Wildman–Crippen MR) is 75.0 cm³/mol. The molecule has 1 fully saturated rings. The molecule has 1 saturated heterocycles. The van der Waals surface area contributed by atoms with Crippen molar-refractivity contribution < 1.29 is 8.42 Å². The molecule has 6 heteroatoms. The van der Waals surface area contributed by atoms with Crippen molar-refractivity contribution in [3.8, 4) is 0 Å². The Hall–Kier alpha value is 0.220. The second kappa shape index (κ2) is 7.61. The fraction of sp³-hybridized carbons (Fsp3) is 1.00. The number of hydrogen-bond donors (Lipinski definition) is 2. The lowest BCUT2D eigenvalue weighted by atomic mass is 10.3. The Morgan fingerprint density at radius 2 is 2.29 bits per heavy atom. The predicted octanol–water partition coefficient (Wildman–Crippen LogP) is 1.19. The molecule has 0 spiro atoms. The fourth-order valence-electron chi connectivity index (χ4n) is 1.98. The Bertz CT molecular complexity index is 301. The van der Waals surface area contributed by atoms with Crippen molar-refractivity contribution in [3.05, 3.63) is 0 Å². The molecule has 0 aliphatic carbocycles. The van der Waals surface area contributed by atoms with Crippen LogP contribution in [0.15, 0.2) is 0 Å². The summed E-state index contributed by atoms with van der Waals surface area (Å²) in [6, 6.07) is 0.185. The van der Waals surface area contributed by atoms with E-state index in [4.69, 9.17) is 0 Å². The molecule has 0 aromatic rings. The van der Waals surface area contributed by atoms with Gasteiger partial charge in [0.25, 0.3) is 0 Å². The lowest BCUT2D eigenvalue weighted by Crippen LogP contribution is -2.40.